The number of hydrogen-bond donors (Lipinski definition) is 1. The Bertz CT molecular complexity index is 893. The monoisotopic (exact) mass is 416 g/mol. The maximum atomic E-state index is 12.9. The molecule has 2 aliphatic rings. The van der Waals surface area contributed by atoms with Gasteiger partial charge in [-0.2, -0.15) is 4.31 Å². The fraction of sp³-hybridized carbons (Fsp3) is 0.600. The molecule has 29 heavy (non-hydrogen) atoms. The largest absolute Gasteiger partial charge is 0.369 e. The zero-order valence-corrected chi connectivity index (χ0v) is 18.2. The summed E-state index contributed by atoms with van der Waals surface area (Å²) in [5.74, 6) is 0.741. The van der Waals surface area contributed by atoms with Crippen LogP contribution in [-0.4, -0.2) is 62.5 Å². The van der Waals surface area contributed by atoms with E-state index in [-0.39, 0.29) is 22.7 Å². The molecule has 0 bridgehead atoms. The molecule has 1 unspecified atom stereocenters. The van der Waals surface area contributed by atoms with Crippen LogP contribution >= 0.6 is 0 Å². The molecular formula is C20H29BN4O3S. The first-order valence-corrected chi connectivity index (χ1v) is 11.5. The predicted molar refractivity (Wildman–Crippen MR) is 115 cm³/mol. The smallest absolute Gasteiger partial charge is 0.257 e. The van der Waals surface area contributed by atoms with E-state index in [0.717, 1.165) is 0 Å². The molecule has 0 spiro atoms. The number of hydrogen-bond acceptors (Lipinski definition) is 5. The van der Waals surface area contributed by atoms with Crippen molar-refractivity contribution in [2.45, 2.75) is 50.5 Å². The highest BCUT2D eigenvalue weighted by atomic mass is 32.2. The molecule has 2 heterocycles. The average Bonchev–Trinajstić information content (AvgIpc) is 2.85. The average molecular weight is 416 g/mol. The van der Waals surface area contributed by atoms with Gasteiger partial charge in [0.05, 0.1) is 4.90 Å². The van der Waals surface area contributed by atoms with Gasteiger partial charge in [0.15, 0.2) is 5.96 Å². The summed E-state index contributed by atoms with van der Waals surface area (Å²) in [6, 6.07) is 6.25. The molecule has 1 aromatic rings. The van der Waals surface area contributed by atoms with E-state index in [2.05, 4.69) is 18.8 Å². The summed E-state index contributed by atoms with van der Waals surface area (Å²) >= 11 is 0. The highest BCUT2D eigenvalue weighted by molar-refractivity contribution is 7.89. The van der Waals surface area contributed by atoms with Crippen LogP contribution in [0.4, 0.5) is 0 Å². The van der Waals surface area contributed by atoms with E-state index in [1.54, 1.807) is 17.0 Å². The van der Waals surface area contributed by atoms with Gasteiger partial charge in [-0.15, -0.1) is 0 Å². The van der Waals surface area contributed by atoms with Crippen LogP contribution in [0.25, 0.3) is 0 Å². The Labute approximate surface area is 174 Å². The minimum absolute atomic E-state index is 0.0550. The number of benzene rings is 1. The molecule has 2 N–H and O–H groups in total. The maximum absolute atomic E-state index is 12.9. The highest BCUT2D eigenvalue weighted by Crippen LogP contribution is 2.31. The number of carbonyl (C=O) groups is 1. The van der Waals surface area contributed by atoms with Crippen molar-refractivity contribution in [2.24, 2.45) is 22.6 Å². The number of carbonyl (C=O) groups excluding carboxylic acids is 1. The van der Waals surface area contributed by atoms with E-state index in [0.29, 0.717) is 50.3 Å². The van der Waals surface area contributed by atoms with Gasteiger partial charge in [-0.05, 0) is 50.2 Å². The Morgan fingerprint density at radius 2 is 1.83 bits per heavy atom. The van der Waals surface area contributed by atoms with Crippen molar-refractivity contribution in [3.8, 4) is 0 Å². The lowest BCUT2D eigenvalue weighted by molar-refractivity contribution is -0.131. The Hall–Kier alpha value is -1.87. The number of aliphatic imine (C=N–C) groups is 1. The molecule has 0 aliphatic carbocycles. The lowest BCUT2D eigenvalue weighted by atomic mass is 9.90. The number of nitrogens with zero attached hydrogens (tertiary/aromatic N) is 3. The van der Waals surface area contributed by atoms with Gasteiger partial charge in [0.1, 0.15) is 13.4 Å². The van der Waals surface area contributed by atoms with Crippen LogP contribution in [0, 0.1) is 11.8 Å². The van der Waals surface area contributed by atoms with Crippen LogP contribution in [0.15, 0.2) is 34.2 Å². The van der Waals surface area contributed by atoms with Crippen LogP contribution in [-0.2, 0) is 14.8 Å². The molecule has 1 saturated heterocycles. The van der Waals surface area contributed by atoms with Crippen LogP contribution < -0.4 is 11.2 Å². The molecule has 0 aromatic heterocycles. The summed E-state index contributed by atoms with van der Waals surface area (Å²) < 4.78 is 27.1. The van der Waals surface area contributed by atoms with E-state index in [1.807, 2.05) is 6.92 Å². The predicted octanol–water partition coefficient (Wildman–Crippen LogP) is 0.843. The van der Waals surface area contributed by atoms with Crippen LogP contribution in [0.1, 0.15) is 40.0 Å². The number of guanidine groups is 1. The summed E-state index contributed by atoms with van der Waals surface area (Å²) in [6.07, 6.45) is 2.00. The van der Waals surface area contributed by atoms with E-state index >= 15 is 0 Å². The molecule has 1 fully saturated rings. The summed E-state index contributed by atoms with van der Waals surface area (Å²) in [5, 5.41) is 0. The molecule has 7 nitrogen and oxygen atoms in total. The van der Waals surface area contributed by atoms with Crippen molar-refractivity contribution in [3.63, 3.8) is 0 Å². The van der Waals surface area contributed by atoms with Crippen molar-refractivity contribution in [3.05, 3.63) is 24.3 Å². The van der Waals surface area contributed by atoms with Crippen molar-refractivity contribution in [2.75, 3.05) is 19.6 Å². The quantitative estimate of drug-likeness (QED) is 0.696. The van der Waals surface area contributed by atoms with Crippen molar-refractivity contribution < 1.29 is 13.2 Å². The molecule has 1 aromatic carbocycles. The first-order valence-electron chi connectivity index (χ1n) is 10.1. The zero-order chi connectivity index (χ0) is 21.4. The summed E-state index contributed by atoms with van der Waals surface area (Å²) in [5.41, 5.74) is 5.80. The SMILES string of the molecule is [B]c1ccc(S(=O)(=O)N2CCC(CN3C(=O)C(C)(CC(C)C)N=C3N)CC2)cc1. The minimum Gasteiger partial charge on any atom is -0.369 e. The molecule has 9 heteroatoms. The number of piperidine rings is 1. The Balaban J connectivity index is 1.61. The van der Waals surface area contributed by atoms with Gasteiger partial charge in [0, 0.05) is 19.6 Å². The molecule has 156 valence electrons. The standard InChI is InChI=1S/C20H29BN4O3S/c1-14(2)12-20(3)18(26)25(19(22)23-20)13-15-8-10-24(11-9-15)29(27,28)17-6-4-16(21)5-7-17/h4-7,14-15H,8-13H2,1-3H3,(H2,22,23). The van der Waals surface area contributed by atoms with Crippen molar-refractivity contribution in [1.82, 2.24) is 9.21 Å². The second kappa shape index (κ2) is 8.10. The Kier molecular flexibility index (Phi) is 6.10. The van der Waals surface area contributed by atoms with Crippen LogP contribution in [0.3, 0.4) is 0 Å². The number of sulfonamides is 1. The third-order valence-electron chi connectivity index (χ3n) is 5.68. The van der Waals surface area contributed by atoms with E-state index in [1.165, 1.54) is 16.4 Å². The second-order valence-electron chi connectivity index (χ2n) is 8.67. The van der Waals surface area contributed by atoms with Gasteiger partial charge in [-0.3, -0.25) is 9.69 Å². The molecule has 2 aliphatic heterocycles. The lowest BCUT2D eigenvalue weighted by Gasteiger charge is -2.33. The summed E-state index contributed by atoms with van der Waals surface area (Å²) in [6.45, 7) is 7.27. The fourth-order valence-corrected chi connectivity index (χ4v) is 5.71. The van der Waals surface area contributed by atoms with Gasteiger partial charge < -0.3 is 5.73 Å². The topological polar surface area (TPSA) is 96.1 Å². The second-order valence-corrected chi connectivity index (χ2v) is 10.6. The third kappa shape index (κ3) is 4.50. The van der Waals surface area contributed by atoms with Crippen LogP contribution in [0.5, 0.6) is 0 Å². The van der Waals surface area contributed by atoms with Gasteiger partial charge >= 0.3 is 0 Å². The molecule has 1 amide bonds. The molecule has 0 saturated carbocycles. The van der Waals surface area contributed by atoms with Crippen molar-refractivity contribution >= 4 is 35.2 Å². The highest BCUT2D eigenvalue weighted by Gasteiger charge is 2.45. The van der Waals surface area contributed by atoms with E-state index < -0.39 is 15.6 Å². The normalized spacial score (nSPS) is 24.3. The Morgan fingerprint density at radius 1 is 1.24 bits per heavy atom. The van der Waals surface area contributed by atoms with E-state index in [9.17, 15) is 13.2 Å². The lowest BCUT2D eigenvalue weighted by Crippen LogP contribution is -2.47. The van der Waals surface area contributed by atoms with Gasteiger partial charge in [0.2, 0.25) is 10.0 Å². The van der Waals surface area contributed by atoms with Crippen LogP contribution in [0.2, 0.25) is 0 Å². The Morgan fingerprint density at radius 3 is 2.38 bits per heavy atom. The summed E-state index contributed by atoms with van der Waals surface area (Å²) in [4.78, 5) is 19.2. The molecule has 1 atom stereocenters. The molecular weight excluding hydrogens is 387 g/mol. The first-order chi connectivity index (χ1) is 13.5. The first kappa shape index (κ1) is 21.8. The van der Waals surface area contributed by atoms with Crippen molar-refractivity contribution in [1.29, 1.82) is 0 Å². The third-order valence-corrected chi connectivity index (χ3v) is 7.59. The number of rotatable bonds is 6. The maximum Gasteiger partial charge on any atom is 0.257 e. The van der Waals surface area contributed by atoms with Gasteiger partial charge in [-0.25, -0.2) is 13.4 Å². The summed E-state index contributed by atoms with van der Waals surface area (Å²) in [7, 11) is 2.12. The molecule has 2 radical (unpaired) electrons. The molecule has 3 rings (SSSR count). The minimum atomic E-state index is -3.53. The fourth-order valence-electron chi connectivity index (χ4n) is 4.24. The van der Waals surface area contributed by atoms with Gasteiger partial charge in [-0.1, -0.05) is 31.4 Å². The van der Waals surface area contributed by atoms with E-state index in [4.69, 9.17) is 13.6 Å². The number of nitrogens with two attached hydrogens (primary N) is 1. The number of amides is 1. The zero-order valence-electron chi connectivity index (χ0n) is 17.3. The van der Waals surface area contributed by atoms with Gasteiger partial charge in [0.25, 0.3) is 5.91 Å².